The minimum absolute atomic E-state index is 0.239. The Labute approximate surface area is 209 Å². The fourth-order valence-electron chi connectivity index (χ4n) is 3.73. The zero-order valence-corrected chi connectivity index (χ0v) is 22.2. The molecule has 0 aliphatic carbocycles. The Hall–Kier alpha value is -3.10. The van der Waals surface area contributed by atoms with Gasteiger partial charge in [-0.1, -0.05) is 44.0 Å². The number of rotatable bonds is 12. The lowest BCUT2D eigenvalue weighted by Crippen LogP contribution is -2.54. The van der Waals surface area contributed by atoms with Gasteiger partial charge in [-0.3, -0.25) is 14.4 Å². The molecule has 1 rings (SSSR count). The third-order valence-corrected chi connectivity index (χ3v) is 5.25. The van der Waals surface area contributed by atoms with Crippen molar-refractivity contribution in [3.8, 4) is 0 Å². The second kappa shape index (κ2) is 13.7. The van der Waals surface area contributed by atoms with Crippen LogP contribution in [0.1, 0.15) is 83.0 Å². The number of hydrogen-bond acceptors (Lipinski definition) is 5. The molecule has 196 valence electrons. The van der Waals surface area contributed by atoms with Crippen molar-refractivity contribution in [3.63, 3.8) is 0 Å². The molecule has 0 saturated heterocycles. The minimum atomic E-state index is -1.27. The van der Waals surface area contributed by atoms with E-state index in [-0.39, 0.29) is 12.5 Å². The lowest BCUT2D eigenvalue weighted by Gasteiger charge is -2.34. The summed E-state index contributed by atoms with van der Waals surface area (Å²) in [5.41, 5.74) is 7.17. The lowest BCUT2D eigenvalue weighted by atomic mass is 9.96. The monoisotopic (exact) mass is 490 g/mol. The van der Waals surface area contributed by atoms with Crippen LogP contribution in [0.4, 0.5) is 4.79 Å². The summed E-state index contributed by atoms with van der Waals surface area (Å²) in [5.74, 6) is -1.65. The number of nitrogens with one attached hydrogen (secondary N) is 2. The third-order valence-electron chi connectivity index (χ3n) is 5.25. The van der Waals surface area contributed by atoms with Crippen molar-refractivity contribution in [3.05, 3.63) is 34.9 Å². The van der Waals surface area contributed by atoms with Crippen molar-refractivity contribution >= 4 is 23.8 Å². The molecular formula is C26H42N4O5. The van der Waals surface area contributed by atoms with Crippen LogP contribution in [0.3, 0.4) is 0 Å². The van der Waals surface area contributed by atoms with Crippen LogP contribution < -0.4 is 16.4 Å². The number of carbonyl (C=O) groups excluding carboxylic acids is 4. The Balaban J connectivity index is 3.45. The van der Waals surface area contributed by atoms with Crippen LogP contribution in [-0.4, -0.2) is 53.4 Å². The number of hydrogen-bond donors (Lipinski definition) is 3. The van der Waals surface area contributed by atoms with E-state index in [1.807, 2.05) is 45.9 Å². The molecule has 0 heterocycles. The number of alkyl carbamates (subject to hydrolysis) is 1. The SMILES string of the molecule is CCCCNC(=O)C(c1ccc(C)cc1C)N(CCC)C(=O)C(CC(N)=O)NC(=O)OC(C)(C)C. The first kappa shape index (κ1) is 29.9. The maximum Gasteiger partial charge on any atom is 0.408 e. The molecule has 0 saturated carbocycles. The maximum absolute atomic E-state index is 13.8. The first-order chi connectivity index (χ1) is 16.3. The van der Waals surface area contributed by atoms with E-state index in [0.717, 1.165) is 24.0 Å². The van der Waals surface area contributed by atoms with Crippen molar-refractivity contribution in [2.75, 3.05) is 13.1 Å². The van der Waals surface area contributed by atoms with Gasteiger partial charge in [0.15, 0.2) is 0 Å². The van der Waals surface area contributed by atoms with E-state index >= 15 is 0 Å². The lowest BCUT2D eigenvalue weighted by molar-refractivity contribution is -0.143. The number of carbonyl (C=O) groups is 4. The average Bonchev–Trinajstić information content (AvgIpc) is 2.72. The highest BCUT2D eigenvalue weighted by Crippen LogP contribution is 2.27. The molecule has 0 aliphatic rings. The van der Waals surface area contributed by atoms with E-state index in [9.17, 15) is 19.2 Å². The van der Waals surface area contributed by atoms with E-state index in [4.69, 9.17) is 10.5 Å². The van der Waals surface area contributed by atoms with E-state index < -0.39 is 42.0 Å². The summed E-state index contributed by atoms with van der Waals surface area (Å²) in [6.45, 7) is 13.6. The van der Waals surface area contributed by atoms with E-state index in [1.54, 1.807) is 20.8 Å². The smallest absolute Gasteiger partial charge is 0.408 e. The molecule has 2 unspecified atom stereocenters. The molecule has 0 aliphatic heterocycles. The van der Waals surface area contributed by atoms with Crippen LogP contribution in [0.5, 0.6) is 0 Å². The number of aryl methyl sites for hydroxylation is 2. The largest absolute Gasteiger partial charge is 0.444 e. The zero-order valence-electron chi connectivity index (χ0n) is 22.2. The van der Waals surface area contributed by atoms with Crippen LogP contribution >= 0.6 is 0 Å². The van der Waals surface area contributed by atoms with Gasteiger partial charge in [0.1, 0.15) is 17.7 Å². The summed E-state index contributed by atoms with van der Waals surface area (Å²) < 4.78 is 5.28. The Kier molecular flexibility index (Phi) is 11.7. The molecule has 9 heteroatoms. The zero-order chi connectivity index (χ0) is 26.8. The number of nitrogens with two attached hydrogens (primary N) is 1. The van der Waals surface area contributed by atoms with Gasteiger partial charge in [0, 0.05) is 13.1 Å². The predicted octanol–water partition coefficient (Wildman–Crippen LogP) is 3.27. The second-order valence-electron chi connectivity index (χ2n) is 9.81. The molecule has 4 N–H and O–H groups in total. The van der Waals surface area contributed by atoms with Crippen molar-refractivity contribution in [1.82, 2.24) is 15.5 Å². The standard InChI is InChI=1S/C26H42N4O5/c1-8-10-13-28-23(32)22(19-12-11-17(3)15-18(19)4)30(14-9-2)24(33)20(16-21(27)31)29-25(34)35-26(5,6)7/h11-12,15,20,22H,8-10,13-14,16H2,1-7H3,(H2,27,31)(H,28,32)(H,29,34). The van der Waals surface area contributed by atoms with E-state index in [1.165, 1.54) is 4.90 Å². The Morgan fingerprint density at radius 3 is 2.26 bits per heavy atom. The van der Waals surface area contributed by atoms with Crippen molar-refractivity contribution in [2.45, 2.75) is 91.8 Å². The molecule has 1 aromatic carbocycles. The first-order valence-corrected chi connectivity index (χ1v) is 12.2. The number of amides is 4. The summed E-state index contributed by atoms with van der Waals surface area (Å²) >= 11 is 0. The van der Waals surface area contributed by atoms with Gasteiger partial charge in [0.2, 0.25) is 17.7 Å². The number of ether oxygens (including phenoxy) is 1. The van der Waals surface area contributed by atoms with Crippen LogP contribution in [0.25, 0.3) is 0 Å². The molecule has 2 atom stereocenters. The summed E-state index contributed by atoms with van der Waals surface area (Å²) in [6, 6.07) is 3.48. The van der Waals surface area contributed by atoms with Crippen molar-refractivity contribution in [2.24, 2.45) is 5.73 Å². The molecule has 4 amide bonds. The quantitative estimate of drug-likeness (QED) is 0.387. The van der Waals surface area contributed by atoms with Crippen LogP contribution in [0, 0.1) is 13.8 Å². The van der Waals surface area contributed by atoms with Gasteiger partial charge < -0.3 is 26.0 Å². The van der Waals surface area contributed by atoms with Gasteiger partial charge in [0.25, 0.3) is 0 Å². The molecular weight excluding hydrogens is 448 g/mol. The van der Waals surface area contributed by atoms with E-state index in [0.29, 0.717) is 18.5 Å². The third kappa shape index (κ3) is 9.96. The number of nitrogens with zero attached hydrogens (tertiary/aromatic N) is 1. The number of primary amides is 1. The highest BCUT2D eigenvalue weighted by Gasteiger charge is 2.37. The summed E-state index contributed by atoms with van der Waals surface area (Å²) in [5, 5.41) is 5.41. The Morgan fingerprint density at radius 2 is 1.74 bits per heavy atom. The fraction of sp³-hybridized carbons (Fsp3) is 0.615. The predicted molar refractivity (Wildman–Crippen MR) is 136 cm³/mol. The second-order valence-corrected chi connectivity index (χ2v) is 9.81. The molecule has 9 nitrogen and oxygen atoms in total. The Morgan fingerprint density at radius 1 is 1.09 bits per heavy atom. The molecule has 35 heavy (non-hydrogen) atoms. The first-order valence-electron chi connectivity index (χ1n) is 12.2. The highest BCUT2D eigenvalue weighted by molar-refractivity contribution is 5.94. The normalized spacial score (nSPS) is 12.9. The molecule has 0 bridgehead atoms. The van der Waals surface area contributed by atoms with Crippen LogP contribution in [0.15, 0.2) is 18.2 Å². The maximum atomic E-state index is 13.8. The number of benzene rings is 1. The van der Waals surface area contributed by atoms with Crippen LogP contribution in [0.2, 0.25) is 0 Å². The fourth-order valence-corrected chi connectivity index (χ4v) is 3.73. The van der Waals surface area contributed by atoms with Crippen LogP contribution in [-0.2, 0) is 19.1 Å². The molecule has 0 aromatic heterocycles. The van der Waals surface area contributed by atoms with Crippen molar-refractivity contribution < 1.29 is 23.9 Å². The van der Waals surface area contributed by atoms with Gasteiger partial charge in [-0.2, -0.15) is 0 Å². The van der Waals surface area contributed by atoms with Gasteiger partial charge in [-0.25, -0.2) is 4.79 Å². The highest BCUT2D eigenvalue weighted by atomic mass is 16.6. The molecule has 0 radical (unpaired) electrons. The topological polar surface area (TPSA) is 131 Å². The summed E-state index contributed by atoms with van der Waals surface area (Å²) in [4.78, 5) is 52.8. The average molecular weight is 491 g/mol. The minimum Gasteiger partial charge on any atom is -0.444 e. The van der Waals surface area contributed by atoms with Gasteiger partial charge in [0.05, 0.1) is 6.42 Å². The van der Waals surface area contributed by atoms with Gasteiger partial charge in [-0.15, -0.1) is 0 Å². The molecule has 0 spiro atoms. The Bertz CT molecular complexity index is 894. The molecule has 0 fully saturated rings. The number of unbranched alkanes of at least 4 members (excludes halogenated alkanes) is 1. The summed E-state index contributed by atoms with van der Waals surface area (Å²) in [7, 11) is 0. The van der Waals surface area contributed by atoms with Gasteiger partial charge >= 0.3 is 6.09 Å². The van der Waals surface area contributed by atoms with Gasteiger partial charge in [-0.05, 0) is 58.6 Å². The van der Waals surface area contributed by atoms with Crippen molar-refractivity contribution in [1.29, 1.82) is 0 Å². The molecule has 1 aromatic rings. The summed E-state index contributed by atoms with van der Waals surface area (Å²) in [6.07, 6.45) is 1.01. The van der Waals surface area contributed by atoms with E-state index in [2.05, 4.69) is 10.6 Å².